The van der Waals surface area contributed by atoms with Gasteiger partial charge in [-0.1, -0.05) is 36.4 Å². The van der Waals surface area contributed by atoms with Crippen molar-refractivity contribution in [2.75, 3.05) is 6.54 Å². The first kappa shape index (κ1) is 17.3. The van der Waals surface area contributed by atoms with Crippen molar-refractivity contribution in [1.82, 2.24) is 0 Å². The first-order chi connectivity index (χ1) is 11.0. The molecule has 2 nitrogen and oxygen atoms in total. The van der Waals surface area contributed by atoms with E-state index < -0.39 is 11.7 Å². The summed E-state index contributed by atoms with van der Waals surface area (Å²) in [7, 11) is 0. The summed E-state index contributed by atoms with van der Waals surface area (Å²) >= 11 is 0. The molecule has 2 aromatic carbocycles. The Morgan fingerprint density at radius 3 is 2.35 bits per heavy atom. The quantitative estimate of drug-likeness (QED) is 0.731. The van der Waals surface area contributed by atoms with Crippen LogP contribution in [-0.4, -0.2) is 6.54 Å². The summed E-state index contributed by atoms with van der Waals surface area (Å²) in [5.41, 5.74) is 5.75. The monoisotopic (exact) mass is 323 g/mol. The summed E-state index contributed by atoms with van der Waals surface area (Å²) in [5, 5.41) is 0. The Morgan fingerprint density at radius 2 is 1.70 bits per heavy atom. The van der Waals surface area contributed by atoms with Crippen molar-refractivity contribution >= 4 is 0 Å². The molecule has 0 amide bonds. The number of rotatable bonds is 7. The Kier molecular flexibility index (Phi) is 6.04. The van der Waals surface area contributed by atoms with Gasteiger partial charge in [0.05, 0.1) is 5.56 Å². The summed E-state index contributed by atoms with van der Waals surface area (Å²) in [4.78, 5) is 0. The highest BCUT2D eigenvalue weighted by molar-refractivity contribution is 5.31. The molecule has 0 bridgehead atoms. The zero-order chi connectivity index (χ0) is 16.7. The number of unbranched alkanes of at least 4 members (excludes halogenated alkanes) is 1. The largest absolute Gasteiger partial charge is 0.486 e. The molecule has 0 aliphatic rings. The molecule has 1 atom stereocenters. The first-order valence-corrected chi connectivity index (χ1v) is 7.59. The smallest absolute Gasteiger partial charge is 0.416 e. The van der Waals surface area contributed by atoms with Crippen LogP contribution in [0.25, 0.3) is 0 Å². The number of hydrogen-bond acceptors (Lipinski definition) is 2. The molecule has 124 valence electrons. The maximum atomic E-state index is 12.8. The molecule has 0 saturated carbocycles. The van der Waals surface area contributed by atoms with Gasteiger partial charge in [0.2, 0.25) is 0 Å². The van der Waals surface area contributed by atoms with Crippen molar-refractivity contribution in [3.63, 3.8) is 0 Å². The van der Waals surface area contributed by atoms with Crippen LogP contribution in [0.4, 0.5) is 13.2 Å². The van der Waals surface area contributed by atoms with E-state index in [1.165, 1.54) is 6.07 Å². The van der Waals surface area contributed by atoms with Gasteiger partial charge in [0.25, 0.3) is 0 Å². The number of benzene rings is 2. The fourth-order valence-electron chi connectivity index (χ4n) is 2.35. The average Bonchev–Trinajstić information content (AvgIpc) is 2.54. The minimum Gasteiger partial charge on any atom is -0.486 e. The molecule has 0 radical (unpaired) electrons. The van der Waals surface area contributed by atoms with E-state index in [0.29, 0.717) is 13.0 Å². The standard InChI is InChI=1S/C18H20F3NO/c19-18(20,21)15-9-6-10-16(13-15)23-17(11-4-5-12-22)14-7-2-1-3-8-14/h1-3,6-10,13,17H,4-5,11-12,22H2. The Bertz CT molecular complexity index is 599. The Labute approximate surface area is 134 Å². The molecule has 2 rings (SSSR count). The second kappa shape index (κ2) is 8.02. The van der Waals surface area contributed by atoms with E-state index in [9.17, 15) is 13.2 Å². The van der Waals surface area contributed by atoms with Crippen LogP contribution in [0.3, 0.4) is 0 Å². The third kappa shape index (κ3) is 5.28. The van der Waals surface area contributed by atoms with E-state index in [-0.39, 0.29) is 11.9 Å². The molecule has 23 heavy (non-hydrogen) atoms. The lowest BCUT2D eigenvalue weighted by molar-refractivity contribution is -0.137. The molecule has 0 heterocycles. The summed E-state index contributed by atoms with van der Waals surface area (Å²) < 4.78 is 44.3. The van der Waals surface area contributed by atoms with Gasteiger partial charge in [-0.05, 0) is 49.6 Å². The summed E-state index contributed by atoms with van der Waals surface area (Å²) in [5.74, 6) is 0.224. The van der Waals surface area contributed by atoms with Crippen molar-refractivity contribution in [2.45, 2.75) is 31.5 Å². The minimum atomic E-state index is -4.37. The van der Waals surface area contributed by atoms with Crippen LogP contribution in [0.5, 0.6) is 5.75 Å². The molecule has 0 fully saturated rings. The predicted octanol–water partition coefficient (Wildman–Crippen LogP) is 4.95. The molecule has 0 aliphatic heterocycles. The van der Waals surface area contributed by atoms with Gasteiger partial charge in [0.15, 0.2) is 0 Å². The summed E-state index contributed by atoms with van der Waals surface area (Å²) in [6.07, 6.45) is -2.24. The third-order valence-corrected chi connectivity index (χ3v) is 3.53. The number of hydrogen-bond donors (Lipinski definition) is 1. The second-order valence-corrected chi connectivity index (χ2v) is 5.33. The van der Waals surface area contributed by atoms with Crippen LogP contribution >= 0.6 is 0 Å². The normalized spacial score (nSPS) is 12.9. The lowest BCUT2D eigenvalue weighted by atomic mass is 10.0. The zero-order valence-electron chi connectivity index (χ0n) is 12.7. The fourth-order valence-corrected chi connectivity index (χ4v) is 2.35. The first-order valence-electron chi connectivity index (χ1n) is 7.59. The molecule has 0 saturated heterocycles. The van der Waals surface area contributed by atoms with Crippen LogP contribution in [0.2, 0.25) is 0 Å². The zero-order valence-corrected chi connectivity index (χ0v) is 12.7. The predicted molar refractivity (Wildman–Crippen MR) is 84.2 cm³/mol. The summed E-state index contributed by atoms with van der Waals surface area (Å²) in [6.45, 7) is 0.588. The molecule has 5 heteroatoms. The van der Waals surface area contributed by atoms with E-state index in [1.54, 1.807) is 6.07 Å². The van der Waals surface area contributed by atoms with Crippen molar-refractivity contribution in [3.8, 4) is 5.75 Å². The van der Waals surface area contributed by atoms with Gasteiger partial charge in [-0.25, -0.2) is 0 Å². The van der Waals surface area contributed by atoms with Crippen molar-refractivity contribution < 1.29 is 17.9 Å². The van der Waals surface area contributed by atoms with Crippen LogP contribution in [0.15, 0.2) is 54.6 Å². The minimum absolute atomic E-state index is 0.224. The highest BCUT2D eigenvalue weighted by Gasteiger charge is 2.30. The van der Waals surface area contributed by atoms with Gasteiger partial charge in [-0.2, -0.15) is 13.2 Å². The SMILES string of the molecule is NCCCCC(Oc1cccc(C(F)(F)F)c1)c1ccccc1. The molecule has 2 aromatic rings. The maximum Gasteiger partial charge on any atom is 0.416 e. The van der Waals surface area contributed by atoms with Gasteiger partial charge in [-0.15, -0.1) is 0 Å². The van der Waals surface area contributed by atoms with Crippen molar-refractivity contribution in [3.05, 3.63) is 65.7 Å². The molecular weight excluding hydrogens is 303 g/mol. The molecule has 0 aliphatic carbocycles. The van der Waals surface area contributed by atoms with Gasteiger partial charge < -0.3 is 10.5 Å². The van der Waals surface area contributed by atoms with Gasteiger partial charge >= 0.3 is 6.18 Å². The average molecular weight is 323 g/mol. The van der Waals surface area contributed by atoms with Crippen molar-refractivity contribution in [2.24, 2.45) is 5.73 Å². The highest BCUT2D eigenvalue weighted by Crippen LogP contribution is 2.33. The Hall–Kier alpha value is -2.01. The van der Waals surface area contributed by atoms with Crippen molar-refractivity contribution in [1.29, 1.82) is 0 Å². The van der Waals surface area contributed by atoms with E-state index in [0.717, 1.165) is 30.5 Å². The number of ether oxygens (including phenoxy) is 1. The molecular formula is C18H20F3NO. The van der Waals surface area contributed by atoms with Crippen LogP contribution in [0.1, 0.15) is 36.5 Å². The van der Waals surface area contributed by atoms with E-state index in [1.807, 2.05) is 30.3 Å². The number of halogens is 3. The van der Waals surface area contributed by atoms with Crippen LogP contribution in [-0.2, 0) is 6.18 Å². The lowest BCUT2D eigenvalue weighted by Gasteiger charge is -2.20. The third-order valence-electron chi connectivity index (χ3n) is 3.53. The topological polar surface area (TPSA) is 35.2 Å². The van der Waals surface area contributed by atoms with E-state index in [4.69, 9.17) is 10.5 Å². The van der Waals surface area contributed by atoms with Crippen LogP contribution in [0, 0.1) is 0 Å². The van der Waals surface area contributed by atoms with E-state index in [2.05, 4.69) is 0 Å². The summed E-state index contributed by atoms with van der Waals surface area (Å²) in [6, 6.07) is 14.5. The lowest BCUT2D eigenvalue weighted by Crippen LogP contribution is -2.10. The second-order valence-electron chi connectivity index (χ2n) is 5.33. The molecule has 0 aromatic heterocycles. The molecule has 2 N–H and O–H groups in total. The Balaban J connectivity index is 2.17. The van der Waals surface area contributed by atoms with Gasteiger partial charge in [0, 0.05) is 0 Å². The van der Waals surface area contributed by atoms with Gasteiger partial charge in [-0.3, -0.25) is 0 Å². The maximum absolute atomic E-state index is 12.8. The number of alkyl halides is 3. The van der Waals surface area contributed by atoms with Crippen LogP contribution < -0.4 is 10.5 Å². The number of nitrogens with two attached hydrogens (primary N) is 1. The fraction of sp³-hybridized carbons (Fsp3) is 0.333. The molecule has 1 unspecified atom stereocenters. The molecule has 0 spiro atoms. The van der Waals surface area contributed by atoms with E-state index >= 15 is 0 Å². The Morgan fingerprint density at radius 1 is 0.957 bits per heavy atom. The highest BCUT2D eigenvalue weighted by atomic mass is 19.4. The van der Waals surface area contributed by atoms with Gasteiger partial charge in [0.1, 0.15) is 11.9 Å².